The topological polar surface area (TPSA) is 67.7 Å². The number of hydrogen-bond acceptors (Lipinski definition) is 5. The third-order valence-corrected chi connectivity index (χ3v) is 6.95. The highest BCUT2D eigenvalue weighted by molar-refractivity contribution is 7.92. The van der Waals surface area contributed by atoms with Gasteiger partial charge in [0, 0.05) is 32.0 Å². The second-order valence-corrected chi connectivity index (χ2v) is 9.16. The van der Waals surface area contributed by atoms with Gasteiger partial charge in [-0.15, -0.1) is 0 Å². The summed E-state index contributed by atoms with van der Waals surface area (Å²) in [5, 5.41) is 0.0511. The summed E-state index contributed by atoms with van der Waals surface area (Å²) in [5.74, 6) is 0.648. The Morgan fingerprint density at radius 3 is 2.47 bits per heavy atom. The smallest absolute Gasteiger partial charge is 0.283 e. The fourth-order valence-corrected chi connectivity index (χ4v) is 4.97. The summed E-state index contributed by atoms with van der Waals surface area (Å²) in [7, 11) is -2.05. The quantitative estimate of drug-likeness (QED) is 0.606. The zero-order valence-corrected chi connectivity index (χ0v) is 18.0. The van der Waals surface area contributed by atoms with Crippen molar-refractivity contribution in [3.05, 3.63) is 72.2 Å². The van der Waals surface area contributed by atoms with Gasteiger partial charge >= 0.3 is 0 Å². The fraction of sp³-hybridized carbons (Fsp3) is 0.318. The van der Waals surface area contributed by atoms with Crippen LogP contribution in [0.15, 0.2) is 65.8 Å². The third-order valence-electron chi connectivity index (χ3n) is 5.30. The molecule has 0 spiro atoms. The molecule has 30 heavy (non-hydrogen) atoms. The molecule has 0 bridgehead atoms. The number of morpholine rings is 1. The van der Waals surface area contributed by atoms with Crippen molar-refractivity contribution in [2.24, 2.45) is 7.05 Å². The highest BCUT2D eigenvalue weighted by Gasteiger charge is 2.28. The first kappa shape index (κ1) is 20.4. The number of benzene rings is 2. The lowest BCUT2D eigenvalue weighted by Gasteiger charge is -2.30. The maximum absolute atomic E-state index is 13.6. The van der Waals surface area contributed by atoms with Crippen molar-refractivity contribution in [1.29, 1.82) is 0 Å². The molecule has 158 valence electrons. The van der Waals surface area contributed by atoms with Crippen molar-refractivity contribution in [1.82, 2.24) is 9.55 Å². The van der Waals surface area contributed by atoms with Crippen LogP contribution in [0.25, 0.3) is 0 Å². The van der Waals surface area contributed by atoms with E-state index in [1.807, 2.05) is 54.6 Å². The molecule has 0 radical (unpaired) electrons. The molecule has 7 nitrogen and oxygen atoms in total. The average molecular weight is 427 g/mol. The summed E-state index contributed by atoms with van der Waals surface area (Å²) >= 11 is 0. The lowest BCUT2D eigenvalue weighted by molar-refractivity contribution is 0.122. The molecule has 0 saturated carbocycles. The highest BCUT2D eigenvalue weighted by Crippen LogP contribution is 2.29. The number of nitrogens with zero attached hydrogens (tertiary/aromatic N) is 4. The van der Waals surface area contributed by atoms with Gasteiger partial charge in [0.1, 0.15) is 5.82 Å². The van der Waals surface area contributed by atoms with Crippen molar-refractivity contribution in [2.75, 3.05) is 35.5 Å². The first-order valence-electron chi connectivity index (χ1n) is 9.94. The van der Waals surface area contributed by atoms with Gasteiger partial charge in [-0.05, 0) is 30.7 Å². The molecule has 1 saturated heterocycles. The van der Waals surface area contributed by atoms with Gasteiger partial charge in [0.05, 0.1) is 25.4 Å². The Morgan fingerprint density at radius 2 is 1.80 bits per heavy atom. The van der Waals surface area contributed by atoms with Gasteiger partial charge in [-0.2, -0.15) is 8.42 Å². The van der Waals surface area contributed by atoms with Crippen molar-refractivity contribution < 1.29 is 13.2 Å². The van der Waals surface area contributed by atoms with E-state index in [1.54, 1.807) is 24.7 Å². The first-order chi connectivity index (χ1) is 14.4. The van der Waals surface area contributed by atoms with Crippen LogP contribution in [-0.4, -0.2) is 44.3 Å². The Bertz CT molecular complexity index is 1090. The van der Waals surface area contributed by atoms with E-state index in [-0.39, 0.29) is 11.6 Å². The van der Waals surface area contributed by atoms with Crippen molar-refractivity contribution in [3.63, 3.8) is 0 Å². The molecule has 2 aromatic carbocycles. The van der Waals surface area contributed by atoms with E-state index in [1.165, 1.54) is 4.31 Å². The van der Waals surface area contributed by atoms with Gasteiger partial charge in [0.25, 0.3) is 10.0 Å². The molecule has 0 atom stereocenters. The molecule has 0 aliphatic carbocycles. The monoisotopic (exact) mass is 426 g/mol. The molecule has 1 aliphatic heterocycles. The van der Waals surface area contributed by atoms with E-state index < -0.39 is 10.0 Å². The average Bonchev–Trinajstić information content (AvgIpc) is 3.12. The standard InChI is InChI=1S/C22H26N4O3S/c1-18-23-22(17-24(18)2)30(27,28)26(16-19-7-4-3-5-8-19)21-10-6-9-20(15-21)25-11-13-29-14-12-25/h3-10,15,17H,11-14,16H2,1-2H3. The van der Waals surface area contributed by atoms with Gasteiger partial charge < -0.3 is 14.2 Å². The SMILES string of the molecule is Cc1nc(S(=O)(=O)N(Cc2ccccc2)c2cccc(N3CCOCC3)c2)cn1C. The summed E-state index contributed by atoms with van der Waals surface area (Å²) in [6.07, 6.45) is 1.56. The first-order valence-corrected chi connectivity index (χ1v) is 11.4. The Hall–Kier alpha value is -2.84. The van der Waals surface area contributed by atoms with E-state index >= 15 is 0 Å². The number of imidazole rings is 1. The van der Waals surface area contributed by atoms with E-state index in [4.69, 9.17) is 4.74 Å². The minimum atomic E-state index is -3.84. The van der Waals surface area contributed by atoms with Crippen LogP contribution in [-0.2, 0) is 28.4 Å². The van der Waals surface area contributed by atoms with Gasteiger partial charge in [-0.1, -0.05) is 36.4 Å². The van der Waals surface area contributed by atoms with Crippen LogP contribution in [0, 0.1) is 6.92 Å². The summed E-state index contributed by atoms with van der Waals surface area (Å²) < 4.78 is 35.8. The summed E-state index contributed by atoms with van der Waals surface area (Å²) in [5.41, 5.74) is 2.51. The minimum Gasteiger partial charge on any atom is -0.378 e. The number of aryl methyl sites for hydroxylation is 2. The number of sulfonamides is 1. The Kier molecular flexibility index (Phi) is 5.78. The second kappa shape index (κ2) is 8.49. The molecule has 1 fully saturated rings. The molecule has 8 heteroatoms. The lowest BCUT2D eigenvalue weighted by atomic mass is 10.2. The Balaban J connectivity index is 1.75. The maximum Gasteiger partial charge on any atom is 0.283 e. The van der Waals surface area contributed by atoms with Crippen molar-refractivity contribution in [2.45, 2.75) is 18.5 Å². The molecular formula is C22H26N4O3S. The number of anilines is 2. The third kappa shape index (κ3) is 4.20. The molecule has 1 aliphatic rings. The van der Waals surface area contributed by atoms with E-state index in [0.29, 0.717) is 24.7 Å². The van der Waals surface area contributed by atoms with Crippen LogP contribution in [0.4, 0.5) is 11.4 Å². The largest absolute Gasteiger partial charge is 0.378 e. The van der Waals surface area contributed by atoms with E-state index in [0.717, 1.165) is 24.3 Å². The van der Waals surface area contributed by atoms with Crippen LogP contribution in [0.3, 0.4) is 0 Å². The molecule has 0 amide bonds. The van der Waals surface area contributed by atoms with Gasteiger partial charge in [-0.3, -0.25) is 4.31 Å². The Labute approximate surface area is 177 Å². The van der Waals surface area contributed by atoms with Crippen LogP contribution in [0.2, 0.25) is 0 Å². The van der Waals surface area contributed by atoms with Crippen LogP contribution in [0.1, 0.15) is 11.4 Å². The normalized spacial score (nSPS) is 14.7. The summed E-state index contributed by atoms with van der Waals surface area (Å²) in [6, 6.07) is 17.3. The maximum atomic E-state index is 13.6. The van der Waals surface area contributed by atoms with Crippen molar-refractivity contribution >= 4 is 21.4 Å². The van der Waals surface area contributed by atoms with E-state index in [9.17, 15) is 8.42 Å². The molecule has 4 rings (SSSR count). The summed E-state index contributed by atoms with van der Waals surface area (Å²) in [6.45, 7) is 4.93. The van der Waals surface area contributed by atoms with Crippen LogP contribution in [0.5, 0.6) is 0 Å². The fourth-order valence-electron chi connectivity index (χ4n) is 3.49. The van der Waals surface area contributed by atoms with Gasteiger partial charge in [0.15, 0.2) is 5.03 Å². The van der Waals surface area contributed by atoms with Crippen LogP contribution < -0.4 is 9.21 Å². The number of aromatic nitrogens is 2. The lowest BCUT2D eigenvalue weighted by Crippen LogP contribution is -2.36. The number of hydrogen-bond donors (Lipinski definition) is 0. The van der Waals surface area contributed by atoms with Crippen LogP contribution >= 0.6 is 0 Å². The van der Waals surface area contributed by atoms with E-state index in [2.05, 4.69) is 9.88 Å². The molecule has 0 N–H and O–H groups in total. The molecule has 0 unspecified atom stereocenters. The molecule has 1 aromatic heterocycles. The predicted molar refractivity (Wildman–Crippen MR) is 117 cm³/mol. The number of ether oxygens (including phenoxy) is 1. The summed E-state index contributed by atoms with van der Waals surface area (Å²) in [4.78, 5) is 6.50. The molecular weight excluding hydrogens is 400 g/mol. The predicted octanol–water partition coefficient (Wildman–Crippen LogP) is 2.96. The zero-order valence-electron chi connectivity index (χ0n) is 17.2. The minimum absolute atomic E-state index is 0.0511. The van der Waals surface area contributed by atoms with Gasteiger partial charge in [-0.25, -0.2) is 4.98 Å². The van der Waals surface area contributed by atoms with Gasteiger partial charge in [0.2, 0.25) is 0 Å². The second-order valence-electron chi connectivity index (χ2n) is 7.35. The molecule has 3 aromatic rings. The molecule has 2 heterocycles. The van der Waals surface area contributed by atoms with Crippen molar-refractivity contribution in [3.8, 4) is 0 Å². The number of rotatable bonds is 6. The highest BCUT2D eigenvalue weighted by atomic mass is 32.2. The zero-order chi connectivity index (χ0) is 21.1. The Morgan fingerprint density at radius 1 is 1.07 bits per heavy atom.